The lowest BCUT2D eigenvalue weighted by atomic mass is 9.47. The molecule has 4 bridgehead atoms. The summed E-state index contributed by atoms with van der Waals surface area (Å²) in [5.74, 6) is 1.38. The fourth-order valence-electron chi connectivity index (χ4n) is 5.79. The molecular weight excluding hydrogens is 274 g/mol. The zero-order chi connectivity index (χ0) is 15.4. The van der Waals surface area contributed by atoms with Crippen molar-refractivity contribution in [2.45, 2.75) is 57.5 Å². The van der Waals surface area contributed by atoms with Crippen LogP contribution in [0.4, 0.5) is 5.69 Å². The molecule has 3 nitrogen and oxygen atoms in total. The Balaban J connectivity index is 1.46. The third-order valence-electron chi connectivity index (χ3n) is 6.02. The molecule has 4 aliphatic carbocycles. The number of amides is 1. The molecule has 5 rings (SSSR count). The molecule has 4 fully saturated rings. The molecular formula is C19H25NO2. The lowest BCUT2D eigenvalue weighted by Crippen LogP contribution is -2.56. The molecule has 0 aromatic heterocycles. The van der Waals surface area contributed by atoms with Gasteiger partial charge in [0.25, 0.3) is 0 Å². The van der Waals surface area contributed by atoms with E-state index in [1.165, 1.54) is 12.0 Å². The van der Waals surface area contributed by atoms with Gasteiger partial charge >= 0.3 is 0 Å². The topological polar surface area (TPSA) is 49.3 Å². The summed E-state index contributed by atoms with van der Waals surface area (Å²) in [5, 5.41) is 13.8. The van der Waals surface area contributed by atoms with Crippen molar-refractivity contribution in [2.75, 3.05) is 5.32 Å². The Morgan fingerprint density at radius 1 is 1.18 bits per heavy atom. The van der Waals surface area contributed by atoms with Crippen LogP contribution in [0, 0.1) is 24.2 Å². The standard InChI is InChI=1S/C19H25NO2/c1-13-2-4-16(5-3-13)20-17(21)11-18-7-14-6-15(8-18)10-19(22,9-14)12-18/h2-5,14-15,22H,6-12H2,1H3,(H,20,21)/t14-,15+,18?,19?. The number of carbonyl (C=O) groups excluding carboxylic acids is 1. The van der Waals surface area contributed by atoms with Gasteiger partial charge in [-0.05, 0) is 74.8 Å². The van der Waals surface area contributed by atoms with Crippen molar-refractivity contribution in [3.63, 3.8) is 0 Å². The van der Waals surface area contributed by atoms with E-state index < -0.39 is 5.60 Å². The first-order valence-electron chi connectivity index (χ1n) is 8.53. The summed E-state index contributed by atoms with van der Waals surface area (Å²) in [6, 6.07) is 7.95. The highest BCUT2D eigenvalue weighted by atomic mass is 16.3. The summed E-state index contributed by atoms with van der Waals surface area (Å²) in [7, 11) is 0. The molecule has 4 saturated carbocycles. The van der Waals surface area contributed by atoms with Crippen LogP contribution in [0.5, 0.6) is 0 Å². The van der Waals surface area contributed by atoms with Gasteiger partial charge in [-0.25, -0.2) is 0 Å². The third-order valence-corrected chi connectivity index (χ3v) is 6.02. The van der Waals surface area contributed by atoms with Crippen molar-refractivity contribution in [1.29, 1.82) is 0 Å². The first kappa shape index (κ1) is 14.3. The minimum absolute atomic E-state index is 0.0492. The number of nitrogens with one attached hydrogen (secondary N) is 1. The summed E-state index contributed by atoms with van der Waals surface area (Å²) < 4.78 is 0. The lowest BCUT2D eigenvalue weighted by Gasteiger charge is -2.60. The van der Waals surface area contributed by atoms with Gasteiger partial charge in [-0.15, -0.1) is 0 Å². The van der Waals surface area contributed by atoms with Gasteiger partial charge in [-0.3, -0.25) is 4.79 Å². The zero-order valence-electron chi connectivity index (χ0n) is 13.3. The Bertz CT molecular complexity index is 578. The average molecular weight is 299 g/mol. The molecule has 4 atom stereocenters. The second-order valence-corrected chi connectivity index (χ2v) is 8.28. The molecule has 118 valence electrons. The van der Waals surface area contributed by atoms with Crippen molar-refractivity contribution >= 4 is 11.6 Å². The quantitative estimate of drug-likeness (QED) is 0.895. The predicted octanol–water partition coefficient (Wildman–Crippen LogP) is 3.65. The molecule has 22 heavy (non-hydrogen) atoms. The van der Waals surface area contributed by atoms with E-state index >= 15 is 0 Å². The van der Waals surface area contributed by atoms with E-state index in [4.69, 9.17) is 0 Å². The van der Waals surface area contributed by atoms with Gasteiger partial charge in [-0.2, -0.15) is 0 Å². The minimum Gasteiger partial charge on any atom is -0.390 e. The highest BCUT2D eigenvalue weighted by molar-refractivity contribution is 5.91. The highest BCUT2D eigenvalue weighted by Gasteiger charge is 2.57. The maximum absolute atomic E-state index is 12.5. The van der Waals surface area contributed by atoms with Crippen LogP contribution in [0.25, 0.3) is 0 Å². The molecule has 1 aromatic carbocycles. The number of carbonyl (C=O) groups is 1. The number of aliphatic hydroxyl groups is 1. The highest BCUT2D eigenvalue weighted by Crippen LogP contribution is 2.62. The predicted molar refractivity (Wildman–Crippen MR) is 86.5 cm³/mol. The minimum atomic E-state index is -0.478. The fraction of sp³-hybridized carbons (Fsp3) is 0.632. The number of benzene rings is 1. The Kier molecular flexibility index (Phi) is 3.12. The second kappa shape index (κ2) is 4.82. The summed E-state index contributed by atoms with van der Waals surface area (Å²) in [5.41, 5.74) is 1.64. The molecule has 0 aliphatic heterocycles. The van der Waals surface area contributed by atoms with Crippen LogP contribution in [0.2, 0.25) is 0 Å². The summed E-state index contributed by atoms with van der Waals surface area (Å²) >= 11 is 0. The average Bonchev–Trinajstić information content (AvgIpc) is 2.37. The van der Waals surface area contributed by atoms with Crippen LogP contribution < -0.4 is 5.32 Å². The molecule has 0 radical (unpaired) electrons. The number of hydrogen-bond donors (Lipinski definition) is 2. The SMILES string of the molecule is Cc1ccc(NC(=O)CC23C[C@@H]4C[C@@H](CC(O)(C4)C2)C3)cc1. The first-order chi connectivity index (χ1) is 10.4. The number of aryl methyl sites for hydroxylation is 1. The Morgan fingerprint density at radius 3 is 2.41 bits per heavy atom. The fourth-order valence-corrected chi connectivity index (χ4v) is 5.79. The van der Waals surface area contributed by atoms with E-state index in [0.717, 1.165) is 37.8 Å². The molecule has 2 N–H and O–H groups in total. The Labute approximate surface area is 132 Å². The summed E-state index contributed by atoms with van der Waals surface area (Å²) in [6.07, 6.45) is 6.85. The largest absolute Gasteiger partial charge is 0.390 e. The van der Waals surface area contributed by atoms with E-state index in [9.17, 15) is 9.90 Å². The van der Waals surface area contributed by atoms with Crippen LogP contribution in [-0.2, 0) is 4.79 Å². The van der Waals surface area contributed by atoms with Crippen molar-refractivity contribution in [3.05, 3.63) is 29.8 Å². The normalized spacial score (nSPS) is 39.0. The Hall–Kier alpha value is -1.35. The van der Waals surface area contributed by atoms with E-state index in [0.29, 0.717) is 18.3 Å². The van der Waals surface area contributed by atoms with Crippen molar-refractivity contribution in [2.24, 2.45) is 17.3 Å². The second-order valence-electron chi connectivity index (χ2n) is 8.28. The molecule has 2 unspecified atom stereocenters. The molecule has 4 aliphatic rings. The van der Waals surface area contributed by atoms with Crippen LogP contribution >= 0.6 is 0 Å². The van der Waals surface area contributed by atoms with Gasteiger partial charge in [0.2, 0.25) is 5.91 Å². The van der Waals surface area contributed by atoms with Gasteiger partial charge in [0.15, 0.2) is 0 Å². The van der Waals surface area contributed by atoms with Crippen molar-refractivity contribution < 1.29 is 9.90 Å². The Morgan fingerprint density at radius 2 is 1.82 bits per heavy atom. The monoisotopic (exact) mass is 299 g/mol. The molecule has 3 heteroatoms. The third kappa shape index (κ3) is 2.56. The maximum atomic E-state index is 12.5. The molecule has 1 amide bonds. The molecule has 1 aromatic rings. The zero-order valence-corrected chi connectivity index (χ0v) is 13.3. The van der Waals surface area contributed by atoms with E-state index in [2.05, 4.69) is 5.32 Å². The van der Waals surface area contributed by atoms with Crippen LogP contribution in [0.3, 0.4) is 0 Å². The number of hydrogen-bond acceptors (Lipinski definition) is 2. The first-order valence-corrected chi connectivity index (χ1v) is 8.53. The smallest absolute Gasteiger partial charge is 0.224 e. The van der Waals surface area contributed by atoms with Gasteiger partial charge in [-0.1, -0.05) is 17.7 Å². The molecule has 0 saturated heterocycles. The van der Waals surface area contributed by atoms with Gasteiger partial charge in [0.1, 0.15) is 0 Å². The summed E-state index contributed by atoms with van der Waals surface area (Å²) in [6.45, 7) is 2.04. The summed E-state index contributed by atoms with van der Waals surface area (Å²) in [4.78, 5) is 12.5. The van der Waals surface area contributed by atoms with Gasteiger partial charge in [0.05, 0.1) is 5.60 Å². The number of rotatable bonds is 3. The lowest BCUT2D eigenvalue weighted by molar-refractivity contribution is -0.167. The van der Waals surface area contributed by atoms with Gasteiger partial charge < -0.3 is 10.4 Å². The number of anilines is 1. The maximum Gasteiger partial charge on any atom is 0.224 e. The molecule has 0 spiro atoms. The van der Waals surface area contributed by atoms with Crippen LogP contribution in [0.15, 0.2) is 24.3 Å². The van der Waals surface area contributed by atoms with Crippen molar-refractivity contribution in [3.8, 4) is 0 Å². The van der Waals surface area contributed by atoms with Gasteiger partial charge in [0, 0.05) is 12.1 Å². The van der Waals surface area contributed by atoms with Crippen molar-refractivity contribution in [1.82, 2.24) is 0 Å². The van der Waals surface area contributed by atoms with E-state index in [1.54, 1.807) is 0 Å². The molecule has 0 heterocycles. The van der Waals surface area contributed by atoms with Crippen LogP contribution in [0.1, 0.15) is 50.5 Å². The van der Waals surface area contributed by atoms with E-state index in [1.807, 2.05) is 31.2 Å². The van der Waals surface area contributed by atoms with E-state index in [-0.39, 0.29) is 11.3 Å². The van der Waals surface area contributed by atoms with Crippen LogP contribution in [-0.4, -0.2) is 16.6 Å².